The van der Waals surface area contributed by atoms with Crippen LogP contribution in [0.1, 0.15) is 5.56 Å². The zero-order valence-corrected chi connectivity index (χ0v) is 19.5. The molecule has 0 saturated carbocycles. The van der Waals surface area contributed by atoms with Crippen LogP contribution in [0.15, 0.2) is 82.8 Å². The van der Waals surface area contributed by atoms with Crippen LogP contribution < -0.4 is 19.2 Å². The van der Waals surface area contributed by atoms with Crippen molar-refractivity contribution in [2.45, 2.75) is 4.90 Å². The first-order valence-electron chi connectivity index (χ1n) is 9.73. The Morgan fingerprint density at radius 2 is 1.76 bits per heavy atom. The number of carbonyl (C=O) groups excluding carboxylic acids is 1. The maximum absolute atomic E-state index is 13.3. The summed E-state index contributed by atoms with van der Waals surface area (Å²) < 4.78 is 38.1. The third-order valence-electron chi connectivity index (χ3n) is 4.54. The van der Waals surface area contributed by atoms with Gasteiger partial charge in [-0.15, -0.1) is 0 Å². The lowest BCUT2D eigenvalue weighted by atomic mass is 10.2. The van der Waals surface area contributed by atoms with Gasteiger partial charge in [0.25, 0.3) is 15.9 Å². The minimum Gasteiger partial charge on any atom is -0.493 e. The highest BCUT2D eigenvalue weighted by Crippen LogP contribution is 2.29. The molecular weight excluding hydrogens is 466 g/mol. The summed E-state index contributed by atoms with van der Waals surface area (Å²) in [6.07, 6.45) is 1.38. The van der Waals surface area contributed by atoms with Crippen LogP contribution >= 0.6 is 11.6 Å². The van der Waals surface area contributed by atoms with Gasteiger partial charge in [-0.1, -0.05) is 41.9 Å². The fourth-order valence-electron chi connectivity index (χ4n) is 3.02. The fraction of sp³-hybridized carbons (Fsp3) is 0.130. The summed E-state index contributed by atoms with van der Waals surface area (Å²) in [5.74, 6) is 0.312. The van der Waals surface area contributed by atoms with Crippen LogP contribution in [0, 0.1) is 0 Å². The predicted octanol–water partition coefficient (Wildman–Crippen LogP) is 3.70. The average Bonchev–Trinajstić information content (AvgIpc) is 2.82. The number of sulfonamides is 1. The molecule has 33 heavy (non-hydrogen) atoms. The number of ether oxygens (including phenoxy) is 2. The Balaban J connectivity index is 1.84. The Hall–Kier alpha value is -3.56. The van der Waals surface area contributed by atoms with E-state index in [9.17, 15) is 13.2 Å². The van der Waals surface area contributed by atoms with E-state index in [0.29, 0.717) is 22.1 Å². The van der Waals surface area contributed by atoms with Crippen molar-refractivity contribution in [2.24, 2.45) is 5.10 Å². The van der Waals surface area contributed by atoms with E-state index < -0.39 is 22.5 Å². The highest BCUT2D eigenvalue weighted by Gasteiger charge is 2.27. The third-order valence-corrected chi connectivity index (χ3v) is 6.56. The molecule has 0 unspecified atom stereocenters. The largest absolute Gasteiger partial charge is 0.493 e. The number of methoxy groups -OCH3 is 2. The molecule has 3 aromatic carbocycles. The molecule has 0 spiro atoms. The molecule has 3 aromatic rings. The molecule has 1 N–H and O–H groups in total. The molecule has 0 aliphatic rings. The van der Waals surface area contributed by atoms with Gasteiger partial charge in [0.15, 0.2) is 11.5 Å². The number of para-hydroxylation sites is 1. The number of benzene rings is 3. The molecule has 0 aliphatic heterocycles. The monoisotopic (exact) mass is 487 g/mol. The van der Waals surface area contributed by atoms with Crippen LogP contribution in [0.5, 0.6) is 11.5 Å². The van der Waals surface area contributed by atoms with Crippen molar-refractivity contribution in [2.75, 3.05) is 25.1 Å². The lowest BCUT2D eigenvalue weighted by Gasteiger charge is -2.23. The van der Waals surface area contributed by atoms with Crippen molar-refractivity contribution in [3.8, 4) is 11.5 Å². The van der Waals surface area contributed by atoms with Gasteiger partial charge in [-0.25, -0.2) is 13.8 Å². The van der Waals surface area contributed by atoms with Crippen molar-refractivity contribution in [3.63, 3.8) is 0 Å². The van der Waals surface area contributed by atoms with Crippen LogP contribution in [0.3, 0.4) is 0 Å². The Morgan fingerprint density at radius 1 is 1.03 bits per heavy atom. The Bertz CT molecular complexity index is 1250. The second-order valence-electron chi connectivity index (χ2n) is 6.68. The molecule has 0 fully saturated rings. The van der Waals surface area contributed by atoms with Gasteiger partial charge in [-0.3, -0.25) is 9.10 Å². The number of nitrogens with one attached hydrogen (secondary N) is 1. The molecule has 1 amide bonds. The average molecular weight is 488 g/mol. The van der Waals surface area contributed by atoms with Crippen molar-refractivity contribution >= 4 is 39.4 Å². The number of rotatable bonds is 9. The lowest BCUT2D eigenvalue weighted by molar-refractivity contribution is -0.119. The molecule has 0 atom stereocenters. The van der Waals surface area contributed by atoms with E-state index >= 15 is 0 Å². The fourth-order valence-corrected chi connectivity index (χ4v) is 4.64. The van der Waals surface area contributed by atoms with Crippen LogP contribution in [-0.2, 0) is 14.8 Å². The summed E-state index contributed by atoms with van der Waals surface area (Å²) in [5, 5.41) is 4.27. The highest BCUT2D eigenvalue weighted by molar-refractivity contribution is 7.92. The van der Waals surface area contributed by atoms with Crippen molar-refractivity contribution in [1.82, 2.24) is 5.43 Å². The van der Waals surface area contributed by atoms with Gasteiger partial charge >= 0.3 is 0 Å². The molecule has 0 bridgehead atoms. The number of carbonyl (C=O) groups is 1. The van der Waals surface area contributed by atoms with Gasteiger partial charge in [-0.05, 0) is 42.5 Å². The summed E-state index contributed by atoms with van der Waals surface area (Å²) in [7, 11) is -1.03. The van der Waals surface area contributed by atoms with E-state index in [1.807, 2.05) is 0 Å². The van der Waals surface area contributed by atoms with E-state index in [-0.39, 0.29) is 10.6 Å². The number of hydrazone groups is 1. The SMILES string of the molecule is COc1cccc(/C=N/NC(=O)CN(c2cccc(Cl)c2)S(=O)(=O)c2ccccc2)c1OC. The second kappa shape index (κ2) is 10.8. The number of nitrogens with zero attached hydrogens (tertiary/aromatic N) is 2. The van der Waals surface area contributed by atoms with Crippen molar-refractivity contribution in [3.05, 3.63) is 83.4 Å². The Labute approximate surface area is 197 Å². The second-order valence-corrected chi connectivity index (χ2v) is 8.98. The van der Waals surface area contributed by atoms with E-state index in [1.165, 1.54) is 38.6 Å². The standard InChI is InChI=1S/C23H22ClN3O5S/c1-31-21-13-6-8-17(23(21)32-2)15-25-26-22(28)16-27(19-10-7-9-18(24)14-19)33(29,30)20-11-4-3-5-12-20/h3-15H,16H2,1-2H3,(H,26,28)/b25-15+. The maximum Gasteiger partial charge on any atom is 0.264 e. The van der Waals surface area contributed by atoms with Crippen LogP contribution in [0.25, 0.3) is 0 Å². The number of hydrogen-bond donors (Lipinski definition) is 1. The zero-order chi connectivity index (χ0) is 23.8. The van der Waals surface area contributed by atoms with E-state index in [2.05, 4.69) is 10.5 Å². The lowest BCUT2D eigenvalue weighted by Crippen LogP contribution is -2.39. The number of anilines is 1. The van der Waals surface area contributed by atoms with Gasteiger partial charge in [0.1, 0.15) is 6.54 Å². The molecule has 3 rings (SSSR count). The van der Waals surface area contributed by atoms with Gasteiger partial charge in [0.2, 0.25) is 0 Å². The maximum atomic E-state index is 13.3. The van der Waals surface area contributed by atoms with Crippen LogP contribution in [0.4, 0.5) is 5.69 Å². The zero-order valence-electron chi connectivity index (χ0n) is 17.9. The molecule has 0 heterocycles. The predicted molar refractivity (Wildman–Crippen MR) is 128 cm³/mol. The first-order valence-corrected chi connectivity index (χ1v) is 11.5. The summed E-state index contributed by atoms with van der Waals surface area (Å²) in [6.45, 7) is -0.510. The Morgan fingerprint density at radius 3 is 2.42 bits per heavy atom. The van der Waals surface area contributed by atoms with Crippen LogP contribution in [-0.4, -0.2) is 41.3 Å². The smallest absolute Gasteiger partial charge is 0.264 e. The molecule has 8 nitrogen and oxygen atoms in total. The Kier molecular flexibility index (Phi) is 7.92. The quantitative estimate of drug-likeness (QED) is 0.366. The molecule has 172 valence electrons. The number of amides is 1. The minimum absolute atomic E-state index is 0.0439. The molecule has 0 radical (unpaired) electrons. The van der Waals surface area contributed by atoms with E-state index in [0.717, 1.165) is 4.31 Å². The van der Waals surface area contributed by atoms with E-state index in [4.69, 9.17) is 21.1 Å². The summed E-state index contributed by atoms with van der Waals surface area (Å²) in [4.78, 5) is 12.7. The molecular formula is C23H22ClN3O5S. The van der Waals surface area contributed by atoms with Crippen molar-refractivity contribution < 1.29 is 22.7 Å². The molecule has 0 aromatic heterocycles. The third kappa shape index (κ3) is 5.82. The first kappa shape index (κ1) is 24.1. The highest BCUT2D eigenvalue weighted by atomic mass is 35.5. The van der Waals surface area contributed by atoms with Crippen LogP contribution in [0.2, 0.25) is 5.02 Å². The van der Waals surface area contributed by atoms with E-state index in [1.54, 1.807) is 54.6 Å². The van der Waals surface area contributed by atoms with Gasteiger partial charge in [-0.2, -0.15) is 5.10 Å². The number of halogens is 1. The summed E-state index contributed by atoms with van der Waals surface area (Å²) >= 11 is 6.06. The summed E-state index contributed by atoms with van der Waals surface area (Å²) in [6, 6.07) is 19.3. The first-order chi connectivity index (χ1) is 15.9. The number of hydrogen-bond acceptors (Lipinski definition) is 6. The molecule has 0 saturated heterocycles. The van der Waals surface area contributed by atoms with Gasteiger partial charge in [0, 0.05) is 10.6 Å². The minimum atomic E-state index is -4.04. The van der Waals surface area contributed by atoms with Gasteiger partial charge in [0.05, 0.1) is 31.0 Å². The van der Waals surface area contributed by atoms with Gasteiger partial charge < -0.3 is 9.47 Å². The molecule has 0 aliphatic carbocycles. The normalized spacial score (nSPS) is 11.2. The van der Waals surface area contributed by atoms with Crippen molar-refractivity contribution in [1.29, 1.82) is 0 Å². The molecule has 10 heteroatoms. The topological polar surface area (TPSA) is 97.3 Å². The summed E-state index contributed by atoms with van der Waals surface area (Å²) in [5.41, 5.74) is 3.17.